The molecule has 0 spiro atoms. The van der Waals surface area contributed by atoms with Gasteiger partial charge in [-0.3, -0.25) is 5.01 Å². The largest absolute Gasteiger partial charge is 0.467 e. The number of ether oxygens (including phenoxy) is 1. The quantitative estimate of drug-likeness (QED) is 0.861. The standard InChI is InChI=1S/C12H13Cl2N3O3/c1-8(12(18)19-2)20-17-6-5-16(15-17)11-4-3-9(13)7-10(11)14/h3-8,15H,1-2H3. The smallest absolute Gasteiger partial charge is 0.337 e. The molecule has 0 aliphatic carbocycles. The number of hydroxylamine groups is 1. The summed E-state index contributed by atoms with van der Waals surface area (Å²) in [7, 11) is 1.30. The maximum absolute atomic E-state index is 11.3. The summed E-state index contributed by atoms with van der Waals surface area (Å²) in [5.41, 5.74) is 3.57. The van der Waals surface area contributed by atoms with Gasteiger partial charge in [0.25, 0.3) is 0 Å². The number of methoxy groups -OCH3 is 1. The van der Waals surface area contributed by atoms with Gasteiger partial charge < -0.3 is 4.74 Å². The van der Waals surface area contributed by atoms with Crippen molar-refractivity contribution in [2.45, 2.75) is 13.0 Å². The number of carbonyl (C=O) groups excluding carboxylic acids is 1. The summed E-state index contributed by atoms with van der Waals surface area (Å²) in [5.74, 6) is -0.469. The van der Waals surface area contributed by atoms with Crippen molar-refractivity contribution in [2.75, 3.05) is 12.1 Å². The molecule has 20 heavy (non-hydrogen) atoms. The monoisotopic (exact) mass is 317 g/mol. The Kier molecular flexibility index (Phi) is 4.72. The van der Waals surface area contributed by atoms with Gasteiger partial charge in [-0.15, -0.1) is 5.53 Å². The highest BCUT2D eigenvalue weighted by atomic mass is 35.5. The number of halogens is 2. The summed E-state index contributed by atoms with van der Waals surface area (Å²) in [6, 6.07) is 5.11. The zero-order chi connectivity index (χ0) is 14.7. The Labute approximate surface area is 126 Å². The SMILES string of the molecule is COC(=O)C(C)ON1C=CN(c2ccc(Cl)cc2Cl)N1. The summed E-state index contributed by atoms with van der Waals surface area (Å²) in [5, 5.41) is 3.95. The fraction of sp³-hybridized carbons (Fsp3) is 0.250. The maximum Gasteiger partial charge on any atom is 0.337 e. The van der Waals surface area contributed by atoms with Gasteiger partial charge in [-0.1, -0.05) is 23.2 Å². The molecule has 1 aromatic carbocycles. The summed E-state index contributed by atoms with van der Waals surface area (Å²) in [6.07, 6.45) is 2.56. The van der Waals surface area contributed by atoms with Crippen LogP contribution in [-0.4, -0.2) is 24.4 Å². The third-order valence-corrected chi connectivity index (χ3v) is 3.07. The number of hydrogen-bond donors (Lipinski definition) is 1. The predicted octanol–water partition coefficient (Wildman–Crippen LogP) is 2.50. The molecule has 0 saturated heterocycles. The van der Waals surface area contributed by atoms with Gasteiger partial charge >= 0.3 is 5.97 Å². The molecule has 6 nitrogen and oxygen atoms in total. The number of anilines is 1. The Morgan fingerprint density at radius 2 is 2.10 bits per heavy atom. The molecule has 1 N–H and O–H groups in total. The molecule has 0 radical (unpaired) electrons. The maximum atomic E-state index is 11.3. The lowest BCUT2D eigenvalue weighted by atomic mass is 10.3. The van der Waals surface area contributed by atoms with E-state index < -0.39 is 12.1 Å². The van der Waals surface area contributed by atoms with Crippen LogP contribution in [0.4, 0.5) is 5.69 Å². The molecule has 2 rings (SSSR count). The molecule has 0 amide bonds. The Balaban J connectivity index is 1.99. The van der Waals surface area contributed by atoms with Crippen molar-refractivity contribution in [3.05, 3.63) is 40.6 Å². The van der Waals surface area contributed by atoms with Crippen molar-refractivity contribution >= 4 is 34.9 Å². The van der Waals surface area contributed by atoms with Crippen LogP contribution in [0.5, 0.6) is 0 Å². The van der Waals surface area contributed by atoms with E-state index >= 15 is 0 Å². The van der Waals surface area contributed by atoms with Crippen LogP contribution < -0.4 is 10.5 Å². The average molecular weight is 318 g/mol. The molecule has 0 saturated carbocycles. The summed E-state index contributed by atoms with van der Waals surface area (Å²) >= 11 is 11.9. The third kappa shape index (κ3) is 3.34. The number of hydrogen-bond acceptors (Lipinski definition) is 6. The zero-order valence-corrected chi connectivity index (χ0v) is 12.4. The van der Waals surface area contributed by atoms with E-state index in [-0.39, 0.29) is 0 Å². The minimum atomic E-state index is -0.738. The summed E-state index contributed by atoms with van der Waals surface area (Å²) in [4.78, 5) is 16.6. The van der Waals surface area contributed by atoms with Gasteiger partial charge in [0.15, 0.2) is 6.10 Å². The third-order valence-electron chi connectivity index (χ3n) is 2.53. The lowest BCUT2D eigenvalue weighted by Gasteiger charge is -2.24. The molecular weight excluding hydrogens is 305 g/mol. The van der Waals surface area contributed by atoms with E-state index in [1.165, 1.54) is 12.3 Å². The predicted molar refractivity (Wildman–Crippen MR) is 75.6 cm³/mol. The highest BCUT2D eigenvalue weighted by molar-refractivity contribution is 6.36. The second-order valence-electron chi connectivity index (χ2n) is 3.96. The molecule has 1 atom stereocenters. The molecule has 1 aliphatic heterocycles. The highest BCUT2D eigenvalue weighted by Gasteiger charge is 2.22. The first-order valence-corrected chi connectivity index (χ1v) is 6.49. The van der Waals surface area contributed by atoms with E-state index in [1.807, 2.05) is 0 Å². The van der Waals surface area contributed by atoms with Gasteiger partial charge in [0.05, 0.1) is 24.0 Å². The number of rotatable bonds is 4. The lowest BCUT2D eigenvalue weighted by Crippen LogP contribution is -2.42. The number of carbonyl (C=O) groups is 1. The van der Waals surface area contributed by atoms with Crippen molar-refractivity contribution in [1.29, 1.82) is 0 Å². The van der Waals surface area contributed by atoms with Gasteiger partial charge in [-0.2, -0.15) is 5.17 Å². The van der Waals surface area contributed by atoms with E-state index in [0.717, 1.165) is 0 Å². The van der Waals surface area contributed by atoms with E-state index in [4.69, 9.17) is 28.0 Å². The molecule has 1 heterocycles. The first-order valence-electron chi connectivity index (χ1n) is 5.74. The van der Waals surface area contributed by atoms with Crippen molar-refractivity contribution in [2.24, 2.45) is 0 Å². The second-order valence-corrected chi connectivity index (χ2v) is 4.80. The summed E-state index contributed by atoms with van der Waals surface area (Å²) in [6.45, 7) is 1.58. The molecule has 1 aliphatic rings. The molecule has 1 aromatic rings. The lowest BCUT2D eigenvalue weighted by molar-refractivity contribution is -0.203. The topological polar surface area (TPSA) is 54.0 Å². The van der Waals surface area contributed by atoms with Crippen LogP contribution in [0.1, 0.15) is 6.92 Å². The van der Waals surface area contributed by atoms with Crippen LogP contribution >= 0.6 is 23.2 Å². The van der Waals surface area contributed by atoms with E-state index in [0.29, 0.717) is 15.7 Å². The van der Waals surface area contributed by atoms with Gasteiger partial charge in [-0.05, 0) is 25.1 Å². The highest BCUT2D eigenvalue weighted by Crippen LogP contribution is 2.29. The first-order chi connectivity index (χ1) is 9.51. The number of nitrogens with zero attached hydrogens (tertiary/aromatic N) is 2. The van der Waals surface area contributed by atoms with Crippen LogP contribution in [0.25, 0.3) is 0 Å². The van der Waals surface area contributed by atoms with Crippen molar-refractivity contribution in [3.63, 3.8) is 0 Å². The van der Waals surface area contributed by atoms with Crippen LogP contribution in [0.15, 0.2) is 30.6 Å². The van der Waals surface area contributed by atoms with Crippen LogP contribution in [0.3, 0.4) is 0 Å². The molecule has 0 aromatic heterocycles. The number of hydrazine groups is 2. The van der Waals surface area contributed by atoms with E-state index in [1.54, 1.807) is 42.5 Å². The Morgan fingerprint density at radius 1 is 1.35 bits per heavy atom. The number of benzene rings is 1. The van der Waals surface area contributed by atoms with Crippen LogP contribution in [0.2, 0.25) is 10.0 Å². The average Bonchev–Trinajstić information content (AvgIpc) is 2.85. The first kappa shape index (κ1) is 14.9. The molecule has 1 unspecified atom stereocenters. The van der Waals surface area contributed by atoms with Crippen molar-refractivity contribution in [1.82, 2.24) is 10.7 Å². The van der Waals surface area contributed by atoms with Gasteiger partial charge in [0.1, 0.15) is 0 Å². The fourth-order valence-electron chi connectivity index (χ4n) is 1.55. The van der Waals surface area contributed by atoms with Gasteiger partial charge in [0, 0.05) is 11.2 Å². The Hall–Kier alpha value is -1.47. The molecular formula is C12H13Cl2N3O3. The molecule has 0 bridgehead atoms. The van der Waals surface area contributed by atoms with Crippen molar-refractivity contribution in [3.8, 4) is 0 Å². The normalized spacial score (nSPS) is 15.6. The second kappa shape index (κ2) is 6.32. The minimum absolute atomic E-state index is 0.469. The minimum Gasteiger partial charge on any atom is -0.467 e. The van der Waals surface area contributed by atoms with E-state index in [2.05, 4.69) is 10.3 Å². The van der Waals surface area contributed by atoms with Gasteiger partial charge in [0.2, 0.25) is 0 Å². The number of nitrogens with one attached hydrogen (secondary N) is 1. The van der Waals surface area contributed by atoms with E-state index in [9.17, 15) is 4.79 Å². The number of esters is 1. The zero-order valence-electron chi connectivity index (χ0n) is 10.8. The van der Waals surface area contributed by atoms with Crippen molar-refractivity contribution < 1.29 is 14.4 Å². The molecule has 108 valence electrons. The van der Waals surface area contributed by atoms with Crippen LogP contribution in [0, 0.1) is 0 Å². The molecule has 8 heteroatoms. The Morgan fingerprint density at radius 3 is 2.75 bits per heavy atom. The summed E-state index contributed by atoms with van der Waals surface area (Å²) < 4.78 is 4.57. The van der Waals surface area contributed by atoms with Crippen LogP contribution in [-0.2, 0) is 14.4 Å². The van der Waals surface area contributed by atoms with Gasteiger partial charge in [-0.25, -0.2) is 9.63 Å². The fourth-order valence-corrected chi connectivity index (χ4v) is 2.05. The molecule has 0 fully saturated rings. The Bertz CT molecular complexity index is 539.